The lowest BCUT2D eigenvalue weighted by Crippen LogP contribution is -2.24. The minimum Gasteiger partial charge on any atom is -0.465 e. The fraction of sp³-hybridized carbons (Fsp3) is 0.265. The van der Waals surface area contributed by atoms with Gasteiger partial charge in [-0.2, -0.15) is 0 Å². The number of benzene rings is 3. The molecule has 2 N–H and O–H groups in total. The van der Waals surface area contributed by atoms with Crippen molar-refractivity contribution in [2.75, 3.05) is 17.7 Å². The third-order valence-corrected chi connectivity index (χ3v) is 9.60. The van der Waals surface area contributed by atoms with E-state index in [9.17, 15) is 14.4 Å². The van der Waals surface area contributed by atoms with E-state index in [0.717, 1.165) is 53.0 Å². The van der Waals surface area contributed by atoms with Gasteiger partial charge in [0.25, 0.3) is 0 Å². The van der Waals surface area contributed by atoms with Crippen molar-refractivity contribution >= 4 is 51.6 Å². The maximum absolute atomic E-state index is 13.9. The summed E-state index contributed by atoms with van der Waals surface area (Å²) < 4.78 is 5.11. The number of methoxy groups -OCH3 is 1. The highest BCUT2D eigenvalue weighted by atomic mass is 32.2. The van der Waals surface area contributed by atoms with Gasteiger partial charge in [0, 0.05) is 27.4 Å². The van der Waals surface area contributed by atoms with E-state index in [-0.39, 0.29) is 17.7 Å². The largest absolute Gasteiger partial charge is 0.465 e. The van der Waals surface area contributed by atoms with Gasteiger partial charge in [0.05, 0.1) is 7.11 Å². The molecule has 1 saturated carbocycles. The fourth-order valence-electron chi connectivity index (χ4n) is 5.17. The Kier molecular flexibility index (Phi) is 9.77. The van der Waals surface area contributed by atoms with Crippen molar-refractivity contribution < 1.29 is 19.1 Å². The number of aryl methyl sites for hydroxylation is 1. The first-order valence-corrected chi connectivity index (χ1v) is 15.9. The minimum atomic E-state index is -0.606. The number of hydrogen-bond acceptors (Lipinski definition) is 6. The van der Waals surface area contributed by atoms with Gasteiger partial charge in [-0.05, 0) is 49.1 Å². The smallest absolute Gasteiger partial charge is 0.341 e. The van der Waals surface area contributed by atoms with Crippen molar-refractivity contribution in [3.8, 4) is 11.1 Å². The lowest BCUT2D eigenvalue weighted by molar-refractivity contribution is -0.120. The molecule has 0 spiro atoms. The van der Waals surface area contributed by atoms with E-state index in [1.165, 1.54) is 36.6 Å². The molecule has 1 unspecified atom stereocenters. The highest BCUT2D eigenvalue weighted by molar-refractivity contribution is 8.00. The van der Waals surface area contributed by atoms with Gasteiger partial charge >= 0.3 is 5.97 Å². The quantitative estimate of drug-likeness (QED) is 0.149. The molecule has 2 amide bonds. The van der Waals surface area contributed by atoms with E-state index < -0.39 is 11.2 Å². The van der Waals surface area contributed by atoms with Crippen LogP contribution < -0.4 is 10.6 Å². The normalized spacial score (nSPS) is 14.1. The summed E-state index contributed by atoms with van der Waals surface area (Å²) in [5.41, 5.74) is 4.58. The van der Waals surface area contributed by atoms with Crippen molar-refractivity contribution in [1.29, 1.82) is 0 Å². The van der Waals surface area contributed by atoms with E-state index in [2.05, 4.69) is 10.6 Å². The lowest BCUT2D eigenvalue weighted by atomic mass is 9.88. The van der Waals surface area contributed by atoms with Crippen LogP contribution in [0.25, 0.3) is 11.1 Å². The third-order valence-electron chi connectivity index (χ3n) is 7.45. The second kappa shape index (κ2) is 13.9. The fourth-order valence-corrected chi connectivity index (χ4v) is 7.21. The molecule has 5 rings (SSSR count). The van der Waals surface area contributed by atoms with Crippen LogP contribution in [0.2, 0.25) is 0 Å². The van der Waals surface area contributed by atoms with Gasteiger partial charge in [-0.25, -0.2) is 4.79 Å². The van der Waals surface area contributed by atoms with Crippen molar-refractivity contribution in [2.24, 2.45) is 5.92 Å². The Morgan fingerprint density at radius 3 is 2.36 bits per heavy atom. The van der Waals surface area contributed by atoms with Crippen LogP contribution in [0, 0.1) is 12.8 Å². The number of nitrogens with one attached hydrogen (secondary N) is 2. The van der Waals surface area contributed by atoms with Crippen LogP contribution in [-0.2, 0) is 14.3 Å². The number of hydrogen-bond donors (Lipinski definition) is 2. The highest BCUT2D eigenvalue weighted by Crippen LogP contribution is 2.40. The van der Waals surface area contributed by atoms with Crippen molar-refractivity contribution in [2.45, 2.75) is 49.2 Å². The van der Waals surface area contributed by atoms with Gasteiger partial charge in [-0.3, -0.25) is 9.59 Å². The Labute approximate surface area is 254 Å². The van der Waals surface area contributed by atoms with Crippen molar-refractivity contribution in [3.63, 3.8) is 0 Å². The molecule has 1 aliphatic carbocycles. The Morgan fingerprint density at radius 1 is 0.905 bits per heavy atom. The number of rotatable bonds is 9. The third kappa shape index (κ3) is 7.12. The summed E-state index contributed by atoms with van der Waals surface area (Å²) in [5.74, 6) is -0.651. The monoisotopic (exact) mass is 598 g/mol. The highest BCUT2D eigenvalue weighted by Gasteiger charge is 2.27. The van der Waals surface area contributed by atoms with E-state index in [1.807, 2.05) is 91.2 Å². The van der Waals surface area contributed by atoms with E-state index >= 15 is 0 Å². The van der Waals surface area contributed by atoms with Gasteiger partial charge < -0.3 is 15.4 Å². The van der Waals surface area contributed by atoms with Gasteiger partial charge in [0.1, 0.15) is 15.8 Å². The van der Waals surface area contributed by atoms with Crippen LogP contribution >= 0.6 is 23.1 Å². The molecule has 1 heterocycles. The number of esters is 1. The Hall–Kier alpha value is -3.88. The molecule has 3 aromatic carbocycles. The van der Waals surface area contributed by atoms with Crippen LogP contribution in [0.5, 0.6) is 0 Å². The number of thioether (sulfide) groups is 1. The molecular weight excluding hydrogens is 565 g/mol. The molecular formula is C34H34N2O4S2. The second-order valence-electron chi connectivity index (χ2n) is 10.5. The standard InChI is InChI=1S/C34H34N2O4S2/c1-22-16-18-23(19-17-22)28-21-41-33(29(28)34(39)40-2)36-32(38)30(24-10-5-3-6-11-24)42-27-15-9-14-26(20-27)35-31(37)25-12-7-4-8-13-25/h3,5-6,9-11,14-21,25,30H,4,7-8,12-13H2,1-2H3,(H,35,37)(H,36,38). The van der Waals surface area contributed by atoms with Crippen LogP contribution in [0.4, 0.5) is 10.7 Å². The first kappa shape index (κ1) is 29.6. The van der Waals surface area contributed by atoms with Crippen LogP contribution in [0.15, 0.2) is 89.1 Å². The molecule has 8 heteroatoms. The average molecular weight is 599 g/mol. The van der Waals surface area contributed by atoms with Gasteiger partial charge in [-0.15, -0.1) is 23.1 Å². The Morgan fingerprint density at radius 2 is 1.64 bits per heavy atom. The molecule has 1 aromatic heterocycles. The zero-order valence-corrected chi connectivity index (χ0v) is 25.4. The number of anilines is 2. The van der Waals surface area contributed by atoms with Crippen LogP contribution in [0.3, 0.4) is 0 Å². The maximum atomic E-state index is 13.9. The van der Waals surface area contributed by atoms with E-state index in [1.54, 1.807) is 0 Å². The first-order chi connectivity index (χ1) is 20.4. The average Bonchev–Trinajstić information content (AvgIpc) is 3.44. The molecule has 1 fully saturated rings. The number of thiophene rings is 1. The predicted molar refractivity (Wildman–Crippen MR) is 171 cm³/mol. The molecule has 4 aromatic rings. The molecule has 0 radical (unpaired) electrons. The van der Waals surface area contributed by atoms with Gasteiger partial charge in [0.15, 0.2) is 0 Å². The van der Waals surface area contributed by atoms with Crippen molar-refractivity contribution in [3.05, 3.63) is 101 Å². The maximum Gasteiger partial charge on any atom is 0.341 e. The summed E-state index contributed by atoms with van der Waals surface area (Å²) in [5, 5.41) is 7.81. The molecule has 216 valence electrons. The van der Waals surface area contributed by atoms with E-state index in [0.29, 0.717) is 16.1 Å². The molecule has 0 saturated heterocycles. The molecule has 1 atom stereocenters. The molecule has 0 bridgehead atoms. The van der Waals surface area contributed by atoms with E-state index in [4.69, 9.17) is 4.74 Å². The Balaban J connectivity index is 1.39. The minimum absolute atomic E-state index is 0.0532. The topological polar surface area (TPSA) is 84.5 Å². The van der Waals surface area contributed by atoms with Gasteiger partial charge in [-0.1, -0.05) is 85.5 Å². The number of carbonyl (C=O) groups excluding carboxylic acids is 3. The zero-order chi connectivity index (χ0) is 29.5. The Bertz CT molecular complexity index is 1540. The lowest BCUT2D eigenvalue weighted by Gasteiger charge is -2.21. The van der Waals surface area contributed by atoms with Crippen LogP contribution in [0.1, 0.15) is 58.8 Å². The molecule has 0 aliphatic heterocycles. The summed E-state index contributed by atoms with van der Waals surface area (Å²) in [4.78, 5) is 40.5. The number of ether oxygens (including phenoxy) is 1. The summed E-state index contributed by atoms with van der Waals surface area (Å²) in [6, 6.07) is 25.0. The zero-order valence-electron chi connectivity index (χ0n) is 23.7. The summed E-state index contributed by atoms with van der Waals surface area (Å²) in [7, 11) is 1.34. The molecule has 42 heavy (non-hydrogen) atoms. The first-order valence-electron chi connectivity index (χ1n) is 14.1. The molecule has 6 nitrogen and oxygen atoms in total. The summed E-state index contributed by atoms with van der Waals surface area (Å²) in [6.07, 6.45) is 5.24. The van der Waals surface area contributed by atoms with Crippen molar-refractivity contribution in [1.82, 2.24) is 0 Å². The second-order valence-corrected chi connectivity index (χ2v) is 12.5. The summed E-state index contributed by atoms with van der Waals surface area (Å²) in [6.45, 7) is 2.01. The van der Waals surface area contributed by atoms with Gasteiger partial charge in [0.2, 0.25) is 11.8 Å². The van der Waals surface area contributed by atoms with Crippen LogP contribution in [-0.4, -0.2) is 24.9 Å². The predicted octanol–water partition coefficient (Wildman–Crippen LogP) is 8.50. The number of carbonyl (C=O) groups is 3. The SMILES string of the molecule is COC(=O)c1c(-c2ccc(C)cc2)csc1NC(=O)C(Sc1cccc(NC(=O)C2CCCCC2)c1)c1ccccc1. The number of amides is 2. The summed E-state index contributed by atoms with van der Waals surface area (Å²) >= 11 is 2.70. The molecule has 1 aliphatic rings.